The maximum atomic E-state index is 14.6. The minimum atomic E-state index is -0.590. The van der Waals surface area contributed by atoms with Crippen LogP contribution >= 0.6 is 0 Å². The SMILES string of the molecule is O=C(C=CC(=O)c1ccccc1)NCC1CN(c2ccc(N3CCCC3)c(F)c2)C(=O)O1. The van der Waals surface area contributed by atoms with Crippen molar-refractivity contribution in [3.05, 3.63) is 72.1 Å². The standard InChI is InChI=1S/C24H24FN3O4/c25-20-14-18(8-9-21(20)27-12-4-5-13-27)28-16-19(32-24(28)31)15-26-23(30)11-10-22(29)17-6-2-1-3-7-17/h1-3,6-11,14,19H,4-5,12-13,15-16H2,(H,26,30). The molecule has 7 nitrogen and oxygen atoms in total. The third-order valence-corrected chi connectivity index (χ3v) is 5.51. The van der Waals surface area contributed by atoms with Gasteiger partial charge >= 0.3 is 6.09 Å². The summed E-state index contributed by atoms with van der Waals surface area (Å²) in [6.45, 7) is 1.93. The number of ether oxygens (including phenoxy) is 1. The van der Waals surface area contributed by atoms with Crippen molar-refractivity contribution in [3.63, 3.8) is 0 Å². The van der Waals surface area contributed by atoms with E-state index in [1.165, 1.54) is 17.0 Å². The quantitative estimate of drug-likeness (QED) is 0.531. The molecule has 2 heterocycles. The zero-order valence-electron chi connectivity index (χ0n) is 17.5. The number of nitrogens with one attached hydrogen (secondary N) is 1. The lowest BCUT2D eigenvalue weighted by atomic mass is 10.1. The van der Waals surface area contributed by atoms with Gasteiger partial charge < -0.3 is 15.0 Å². The molecule has 0 saturated carbocycles. The predicted molar refractivity (Wildman–Crippen MR) is 118 cm³/mol. The molecule has 2 saturated heterocycles. The topological polar surface area (TPSA) is 79.0 Å². The van der Waals surface area contributed by atoms with E-state index in [1.807, 2.05) is 4.90 Å². The molecule has 2 aliphatic rings. The van der Waals surface area contributed by atoms with Crippen LogP contribution in [0.15, 0.2) is 60.7 Å². The summed E-state index contributed by atoms with van der Waals surface area (Å²) in [5.41, 5.74) is 1.44. The van der Waals surface area contributed by atoms with Crippen LogP contribution in [-0.2, 0) is 9.53 Å². The van der Waals surface area contributed by atoms with Crippen LogP contribution in [0, 0.1) is 5.82 Å². The smallest absolute Gasteiger partial charge is 0.414 e. The molecular weight excluding hydrogens is 413 g/mol. The predicted octanol–water partition coefficient (Wildman–Crippen LogP) is 3.31. The van der Waals surface area contributed by atoms with Gasteiger partial charge in [0.05, 0.1) is 24.5 Å². The van der Waals surface area contributed by atoms with Gasteiger partial charge in [0.2, 0.25) is 5.91 Å². The molecule has 1 atom stereocenters. The van der Waals surface area contributed by atoms with Gasteiger partial charge in [-0.15, -0.1) is 0 Å². The molecule has 4 rings (SSSR count). The van der Waals surface area contributed by atoms with E-state index in [1.54, 1.807) is 42.5 Å². The largest absolute Gasteiger partial charge is 0.442 e. The minimum Gasteiger partial charge on any atom is -0.442 e. The number of cyclic esters (lactones) is 1. The maximum Gasteiger partial charge on any atom is 0.414 e. The fraction of sp³-hybridized carbons (Fsp3) is 0.292. The highest BCUT2D eigenvalue weighted by Gasteiger charge is 2.33. The van der Waals surface area contributed by atoms with E-state index >= 15 is 0 Å². The van der Waals surface area contributed by atoms with Gasteiger partial charge in [-0.25, -0.2) is 9.18 Å². The lowest BCUT2D eigenvalue weighted by Crippen LogP contribution is -2.33. The Morgan fingerprint density at radius 2 is 1.84 bits per heavy atom. The van der Waals surface area contributed by atoms with E-state index in [-0.39, 0.29) is 24.7 Å². The summed E-state index contributed by atoms with van der Waals surface area (Å²) >= 11 is 0. The average molecular weight is 437 g/mol. The van der Waals surface area contributed by atoms with Crippen LogP contribution in [0.2, 0.25) is 0 Å². The van der Waals surface area contributed by atoms with E-state index in [9.17, 15) is 18.8 Å². The number of rotatable bonds is 7. The molecule has 2 aliphatic heterocycles. The van der Waals surface area contributed by atoms with Gasteiger partial charge in [-0.2, -0.15) is 0 Å². The molecule has 2 amide bonds. The molecule has 8 heteroatoms. The molecule has 0 bridgehead atoms. The third kappa shape index (κ3) is 4.96. The fourth-order valence-corrected chi connectivity index (χ4v) is 3.84. The van der Waals surface area contributed by atoms with Crippen molar-refractivity contribution in [1.82, 2.24) is 5.32 Å². The van der Waals surface area contributed by atoms with Crippen LogP contribution in [0.5, 0.6) is 0 Å². The Labute approximate surface area is 185 Å². The second kappa shape index (κ2) is 9.64. The third-order valence-electron chi connectivity index (χ3n) is 5.51. The number of halogens is 1. The number of ketones is 1. The first-order chi connectivity index (χ1) is 15.5. The van der Waals surface area contributed by atoms with Gasteiger partial charge in [-0.05, 0) is 37.1 Å². The number of amides is 2. The molecule has 2 aromatic rings. The van der Waals surface area contributed by atoms with E-state index in [0.717, 1.165) is 32.0 Å². The highest BCUT2D eigenvalue weighted by molar-refractivity contribution is 6.07. The second-order valence-electron chi connectivity index (χ2n) is 7.76. The van der Waals surface area contributed by atoms with Gasteiger partial charge in [0.1, 0.15) is 11.9 Å². The summed E-state index contributed by atoms with van der Waals surface area (Å²) in [4.78, 5) is 39.6. The van der Waals surface area contributed by atoms with Crippen LogP contribution in [0.3, 0.4) is 0 Å². The molecule has 0 aliphatic carbocycles. The first-order valence-electron chi connectivity index (χ1n) is 10.6. The van der Waals surface area contributed by atoms with Gasteiger partial charge in [0.15, 0.2) is 5.78 Å². The molecule has 166 valence electrons. The van der Waals surface area contributed by atoms with E-state index in [4.69, 9.17) is 4.74 Å². The number of allylic oxidation sites excluding steroid dienone is 1. The Kier molecular flexibility index (Phi) is 6.49. The zero-order chi connectivity index (χ0) is 22.5. The van der Waals surface area contributed by atoms with Crippen molar-refractivity contribution in [2.75, 3.05) is 36.0 Å². The number of nitrogens with zero attached hydrogens (tertiary/aromatic N) is 2. The molecular formula is C24H24FN3O4. The molecule has 2 fully saturated rings. The van der Waals surface area contributed by atoms with Crippen LogP contribution < -0.4 is 15.1 Å². The van der Waals surface area contributed by atoms with Crippen LogP contribution in [-0.4, -0.2) is 50.1 Å². The lowest BCUT2D eigenvalue weighted by molar-refractivity contribution is -0.116. The Morgan fingerprint density at radius 3 is 2.56 bits per heavy atom. The maximum absolute atomic E-state index is 14.6. The van der Waals surface area contributed by atoms with Crippen molar-refractivity contribution in [2.45, 2.75) is 18.9 Å². The van der Waals surface area contributed by atoms with Crippen molar-refractivity contribution in [1.29, 1.82) is 0 Å². The molecule has 32 heavy (non-hydrogen) atoms. The summed E-state index contributed by atoms with van der Waals surface area (Å²) in [6, 6.07) is 13.4. The number of hydrogen-bond donors (Lipinski definition) is 1. The van der Waals surface area contributed by atoms with Crippen molar-refractivity contribution in [2.24, 2.45) is 0 Å². The summed E-state index contributed by atoms with van der Waals surface area (Å²) in [5.74, 6) is -1.12. The highest BCUT2D eigenvalue weighted by atomic mass is 19.1. The number of carbonyl (C=O) groups excluding carboxylic acids is 3. The Bertz CT molecular complexity index is 1030. The summed E-state index contributed by atoms with van der Waals surface area (Å²) in [5, 5.41) is 2.62. The van der Waals surface area contributed by atoms with Crippen molar-refractivity contribution < 1.29 is 23.5 Å². The number of carbonyl (C=O) groups is 3. The molecule has 2 aromatic carbocycles. The van der Waals surface area contributed by atoms with Crippen LogP contribution in [0.1, 0.15) is 23.2 Å². The van der Waals surface area contributed by atoms with Crippen LogP contribution in [0.4, 0.5) is 20.6 Å². The highest BCUT2D eigenvalue weighted by Crippen LogP contribution is 2.29. The molecule has 1 unspecified atom stereocenters. The number of benzene rings is 2. The summed E-state index contributed by atoms with van der Waals surface area (Å²) < 4.78 is 19.9. The zero-order valence-corrected chi connectivity index (χ0v) is 17.5. The summed E-state index contributed by atoms with van der Waals surface area (Å²) in [6.07, 6.45) is 3.27. The number of anilines is 2. The van der Waals surface area contributed by atoms with Gasteiger partial charge in [-0.3, -0.25) is 14.5 Å². The first kappa shape index (κ1) is 21.5. The number of hydrogen-bond acceptors (Lipinski definition) is 5. The van der Waals surface area contributed by atoms with E-state index in [0.29, 0.717) is 16.9 Å². The van der Waals surface area contributed by atoms with Gasteiger partial charge in [0.25, 0.3) is 0 Å². The molecule has 0 radical (unpaired) electrons. The second-order valence-corrected chi connectivity index (χ2v) is 7.76. The van der Waals surface area contributed by atoms with Crippen molar-refractivity contribution >= 4 is 29.2 Å². The molecule has 0 aromatic heterocycles. The fourth-order valence-electron chi connectivity index (χ4n) is 3.84. The molecule has 0 spiro atoms. The van der Waals surface area contributed by atoms with Gasteiger partial charge in [-0.1, -0.05) is 30.3 Å². The van der Waals surface area contributed by atoms with Crippen molar-refractivity contribution in [3.8, 4) is 0 Å². The Balaban J connectivity index is 1.30. The van der Waals surface area contributed by atoms with Gasteiger partial charge in [0, 0.05) is 24.7 Å². The molecule has 1 N–H and O–H groups in total. The normalized spacial score (nSPS) is 18.3. The first-order valence-corrected chi connectivity index (χ1v) is 10.6. The Morgan fingerprint density at radius 1 is 1.09 bits per heavy atom. The average Bonchev–Trinajstić information content (AvgIpc) is 3.46. The van der Waals surface area contributed by atoms with Crippen LogP contribution in [0.25, 0.3) is 0 Å². The van der Waals surface area contributed by atoms with E-state index in [2.05, 4.69) is 5.32 Å². The van der Waals surface area contributed by atoms with E-state index < -0.39 is 18.1 Å². The Hall–Kier alpha value is -3.68. The monoisotopic (exact) mass is 437 g/mol. The lowest BCUT2D eigenvalue weighted by Gasteiger charge is -2.20. The summed E-state index contributed by atoms with van der Waals surface area (Å²) in [7, 11) is 0. The minimum absolute atomic E-state index is 0.0826.